The lowest BCUT2D eigenvalue weighted by Gasteiger charge is -2.26. The number of hydrogen-bond acceptors (Lipinski definition) is 4. The molecule has 14 aromatic carbocycles. The zero-order valence-electron chi connectivity index (χ0n) is 83.0. The summed E-state index contributed by atoms with van der Waals surface area (Å²) in [5.74, 6) is 0. The molecule has 0 radical (unpaired) electrons. The molecule has 0 spiro atoms. The van der Waals surface area contributed by atoms with Crippen molar-refractivity contribution < 1.29 is 0 Å². The van der Waals surface area contributed by atoms with E-state index in [0.717, 1.165) is 188 Å². The first-order chi connectivity index (χ1) is 64.4. The molecule has 24 rings (SSSR count). The topological polar surface area (TPSA) is 115 Å². The number of aromatic amines is 4. The predicted molar refractivity (Wildman–Crippen MR) is 587 cm³/mol. The van der Waals surface area contributed by atoms with Gasteiger partial charge in [-0.3, -0.25) is 0 Å². The minimum atomic E-state index is -0.231. The van der Waals surface area contributed by atoms with Crippen LogP contribution in [0.25, 0.3) is 254 Å². The molecule has 10 heterocycles. The first-order valence-corrected chi connectivity index (χ1v) is 48.9. The predicted octanol–water partition coefficient (Wildman–Crippen LogP) is 35.8. The molecule has 0 saturated heterocycles. The number of benzene rings is 14. The normalized spacial score (nSPS) is 13.7. The average Bonchev–Trinajstić information content (AvgIpc) is 1.52. The lowest BCUT2D eigenvalue weighted by Crippen LogP contribution is -2.16. The maximum absolute atomic E-state index is 6.48. The van der Waals surface area contributed by atoms with Gasteiger partial charge in [0.25, 0.3) is 0 Å². The molecular formula is C128H118N8. The standard InChI is InChI=1S/C128H118N8/c1-121(2,3)77-51-73(52-78(59-77)122(4,5)6)109-93-43-47-97(129-93)113(87-41-37-71-33-31-67-27-25-29-69-35-39-85(87)107(71)105(67)69)98-48-44-94(130-98)111(75-55-81(125(13,14)15)61-82(56-75)126(16,17)18)103-65-91-92-66-104-112(76-57-83(127(19,20)21)62-84(58-76)128(22,23)24)96-46-50-100(132-96)114(88-42-38-72-34-32-68-28-26-30-70-36-40-86(88)108(72)106(68)70)99-49-45-95(131-99)110(74-53-79(123(7,8)9)60-80(54-74)124(10,11)12)102-64-90-89-63-101(109)133-117(89)115(119(91)135-103)116(118(90)134-102)120(92)136-104/h25-66,129,132,134-135H,1-24H3. The van der Waals surface area contributed by atoms with Gasteiger partial charge < -0.3 is 19.9 Å². The molecular weight excluding hydrogens is 1650 g/mol. The Morgan fingerprint density at radius 2 is 0.449 bits per heavy atom. The Morgan fingerprint density at radius 3 is 0.743 bits per heavy atom. The highest BCUT2D eigenvalue weighted by atomic mass is 14.8. The minimum absolute atomic E-state index is 0.231. The van der Waals surface area contributed by atoms with Crippen LogP contribution in [0.15, 0.2) is 231 Å². The summed E-state index contributed by atoms with van der Waals surface area (Å²) in [7, 11) is 0. The molecule has 8 heteroatoms. The van der Waals surface area contributed by atoms with E-state index in [2.05, 4.69) is 441 Å². The van der Waals surface area contributed by atoms with Gasteiger partial charge in [0.1, 0.15) is 0 Å². The number of nitrogens with one attached hydrogen (secondary N) is 4. The molecule has 16 bridgehead atoms. The van der Waals surface area contributed by atoms with Gasteiger partial charge in [-0.15, -0.1) is 0 Å². The summed E-state index contributed by atoms with van der Waals surface area (Å²) in [4.78, 5) is 43.0. The number of rotatable bonds is 6. The van der Waals surface area contributed by atoms with E-state index in [4.69, 9.17) is 19.9 Å². The molecule has 2 aliphatic heterocycles. The molecule has 0 fully saturated rings. The monoisotopic (exact) mass is 1770 g/mol. The third-order valence-electron chi connectivity index (χ3n) is 30.2. The maximum Gasteiger partial charge on any atom is 0.0818 e. The molecule has 0 atom stereocenters. The molecule has 0 aliphatic carbocycles. The van der Waals surface area contributed by atoms with Crippen LogP contribution in [0.1, 0.15) is 233 Å². The van der Waals surface area contributed by atoms with Crippen molar-refractivity contribution in [3.05, 3.63) is 298 Å². The first-order valence-electron chi connectivity index (χ1n) is 48.9. The van der Waals surface area contributed by atoms with Crippen molar-refractivity contribution in [3.8, 4) is 66.8 Å². The molecule has 4 N–H and O–H groups in total. The summed E-state index contributed by atoms with van der Waals surface area (Å²) in [6.45, 7) is 56.4. The molecule has 2 aliphatic rings. The van der Waals surface area contributed by atoms with Crippen molar-refractivity contribution in [3.63, 3.8) is 0 Å². The second kappa shape index (κ2) is 28.8. The average molecular weight is 1770 g/mol. The zero-order valence-corrected chi connectivity index (χ0v) is 83.0. The van der Waals surface area contributed by atoms with Crippen molar-refractivity contribution in [2.75, 3.05) is 0 Å². The Kier molecular flexibility index (Phi) is 17.9. The van der Waals surface area contributed by atoms with E-state index < -0.39 is 0 Å². The molecule has 8 aromatic heterocycles. The van der Waals surface area contributed by atoms with Crippen LogP contribution < -0.4 is 0 Å². The highest BCUT2D eigenvalue weighted by molar-refractivity contribution is 6.40. The van der Waals surface area contributed by atoms with Crippen LogP contribution >= 0.6 is 0 Å². The Morgan fingerprint density at radius 1 is 0.191 bits per heavy atom. The second-order valence-corrected chi connectivity index (χ2v) is 47.9. The van der Waals surface area contributed by atoms with Crippen LogP contribution in [-0.4, -0.2) is 39.9 Å². The smallest absolute Gasteiger partial charge is 0.0818 e. The van der Waals surface area contributed by atoms with E-state index in [0.29, 0.717) is 0 Å². The lowest BCUT2D eigenvalue weighted by atomic mass is 9.78. The minimum Gasteiger partial charge on any atom is -0.354 e. The van der Waals surface area contributed by atoms with Crippen LogP contribution in [0.3, 0.4) is 0 Å². The van der Waals surface area contributed by atoms with Crippen LogP contribution in [0.5, 0.6) is 0 Å². The van der Waals surface area contributed by atoms with Gasteiger partial charge in [-0.2, -0.15) is 0 Å². The van der Waals surface area contributed by atoms with Gasteiger partial charge >= 0.3 is 0 Å². The second-order valence-electron chi connectivity index (χ2n) is 47.9. The summed E-state index contributed by atoms with van der Waals surface area (Å²) < 4.78 is 0. The third kappa shape index (κ3) is 13.4. The zero-order chi connectivity index (χ0) is 94.5. The maximum atomic E-state index is 6.48. The van der Waals surface area contributed by atoms with E-state index in [1.165, 1.54) is 109 Å². The van der Waals surface area contributed by atoms with Crippen LogP contribution in [-0.2, 0) is 43.3 Å². The molecule has 22 aromatic rings. The van der Waals surface area contributed by atoms with Crippen molar-refractivity contribution >= 4 is 187 Å². The van der Waals surface area contributed by atoms with Crippen molar-refractivity contribution in [1.29, 1.82) is 0 Å². The fraction of sp³-hybridized carbons (Fsp3) is 0.250. The number of fused-ring (bicyclic) bond motifs is 14. The van der Waals surface area contributed by atoms with Gasteiger partial charge in [0.05, 0.1) is 55.9 Å². The summed E-state index contributed by atoms with van der Waals surface area (Å²) in [5, 5.41) is 20.6. The van der Waals surface area contributed by atoms with Crippen LogP contribution in [0.4, 0.5) is 0 Å². The van der Waals surface area contributed by atoms with Crippen molar-refractivity contribution in [2.24, 2.45) is 0 Å². The SMILES string of the molecule is CC(C)(C)c1cc(-c2c3nc(c(-c4ccc5ccc6cccc7ccc4c5c67)c4ccc([nH]4)c(-c4cc(C(C)(C)C)cc(C(C)(C)C)c4)c4cc5c6cc7[nH]c6c6c8nc(cc8c8cc2[nH]c8c6c5n4)c(-c2cc(C(C)(C)C)cc(C(C)(C)C)c2)c2ccc([nH]2)c(-c2ccc4ccc5cccc6ccc2c4c56)c2nc(c7-c4cc(C(C)(C)C)cc(C(C)(C)C)c4)C=C2)C=C3)cc(C(C)(C)C)c1. The summed E-state index contributed by atoms with van der Waals surface area (Å²) >= 11 is 0. The van der Waals surface area contributed by atoms with E-state index in [-0.39, 0.29) is 43.3 Å². The van der Waals surface area contributed by atoms with E-state index in [1.54, 1.807) is 0 Å². The van der Waals surface area contributed by atoms with E-state index in [1.807, 2.05) is 0 Å². The Hall–Kier alpha value is -14.1. The highest BCUT2D eigenvalue weighted by Gasteiger charge is 2.34. The number of nitrogens with zero attached hydrogens (tertiary/aromatic N) is 4. The van der Waals surface area contributed by atoms with Gasteiger partial charge in [-0.05, 0) is 259 Å². The largest absolute Gasteiger partial charge is 0.354 e. The summed E-state index contributed by atoms with van der Waals surface area (Å²) in [6.07, 6.45) is 9.18. The molecule has 670 valence electrons. The third-order valence-corrected chi connectivity index (χ3v) is 30.2. The summed E-state index contributed by atoms with van der Waals surface area (Å²) in [6, 6.07) is 89.8. The molecule has 0 amide bonds. The van der Waals surface area contributed by atoms with Gasteiger partial charge in [0, 0.05) is 98.8 Å². The highest BCUT2D eigenvalue weighted by Crippen LogP contribution is 2.54. The van der Waals surface area contributed by atoms with E-state index >= 15 is 0 Å². The Balaban J connectivity index is 0.960. The fourth-order valence-corrected chi connectivity index (χ4v) is 22.3. The van der Waals surface area contributed by atoms with Gasteiger partial charge in [0.2, 0.25) is 0 Å². The van der Waals surface area contributed by atoms with Crippen molar-refractivity contribution in [2.45, 2.75) is 209 Å². The van der Waals surface area contributed by atoms with Crippen LogP contribution in [0.2, 0.25) is 0 Å². The van der Waals surface area contributed by atoms with E-state index in [9.17, 15) is 0 Å². The van der Waals surface area contributed by atoms with Crippen molar-refractivity contribution in [1.82, 2.24) is 39.9 Å². The van der Waals surface area contributed by atoms with Gasteiger partial charge in [-0.25, -0.2) is 19.9 Å². The van der Waals surface area contributed by atoms with Gasteiger partial charge in [0.15, 0.2) is 0 Å². The molecule has 136 heavy (non-hydrogen) atoms. The Bertz CT molecular complexity index is 8520. The first kappa shape index (κ1) is 84.9. The van der Waals surface area contributed by atoms with Crippen LogP contribution in [0, 0.1) is 0 Å². The number of H-pyrrole nitrogens is 4. The molecule has 0 unspecified atom stereocenters. The fourth-order valence-electron chi connectivity index (χ4n) is 22.3. The molecule has 0 saturated carbocycles. The summed E-state index contributed by atoms with van der Waals surface area (Å²) in [5.41, 5.74) is 35.0. The van der Waals surface area contributed by atoms with Gasteiger partial charge in [-0.1, -0.05) is 348 Å². The number of hydrogen-bond donors (Lipinski definition) is 4. The molecule has 8 nitrogen and oxygen atoms in total. The quantitative estimate of drug-likeness (QED) is 0.124. The Labute approximate surface area is 795 Å². The lowest BCUT2D eigenvalue weighted by molar-refractivity contribution is 0.568. The number of aromatic nitrogens is 8.